The van der Waals surface area contributed by atoms with Crippen LogP contribution in [0.15, 0.2) is 51.7 Å². The predicted molar refractivity (Wildman–Crippen MR) is 93.0 cm³/mol. The maximum absolute atomic E-state index is 14.1. The van der Waals surface area contributed by atoms with Crippen LogP contribution in [0.2, 0.25) is 0 Å². The van der Waals surface area contributed by atoms with Crippen molar-refractivity contribution in [3.63, 3.8) is 0 Å². The first-order valence-electron chi connectivity index (χ1n) is 7.88. The van der Waals surface area contributed by atoms with Crippen molar-refractivity contribution in [2.45, 2.75) is 20.3 Å². The summed E-state index contributed by atoms with van der Waals surface area (Å²) in [5.41, 5.74) is 1.78. The minimum atomic E-state index is -0.642. The zero-order valence-electron chi connectivity index (χ0n) is 13.9. The fourth-order valence-electron chi connectivity index (χ4n) is 2.75. The Morgan fingerprint density at radius 2 is 1.83 bits per heavy atom. The normalized spacial score (nSPS) is 11.2. The Morgan fingerprint density at radius 3 is 2.46 bits per heavy atom. The molecule has 0 N–H and O–H groups in total. The van der Waals surface area contributed by atoms with Gasteiger partial charge in [-0.2, -0.15) is 0 Å². The molecular formula is C20H19FO3. The predicted octanol–water partition coefficient (Wildman–Crippen LogP) is 4.81. The molecule has 4 heteroatoms. The standard InChI is InChI=1S/C20H19FO3/c1-12(2)8-13-4-6-14(7-5-13)18-11-17(22)20-16(21)9-15(23-3)10-19(20)24-18/h4-7,9-12H,8H2,1-3H3. The summed E-state index contributed by atoms with van der Waals surface area (Å²) in [6.45, 7) is 4.33. The van der Waals surface area contributed by atoms with Crippen LogP contribution in [0.1, 0.15) is 19.4 Å². The average Bonchev–Trinajstić information content (AvgIpc) is 2.54. The molecule has 124 valence electrons. The number of hydrogen-bond acceptors (Lipinski definition) is 3. The fourth-order valence-corrected chi connectivity index (χ4v) is 2.75. The van der Waals surface area contributed by atoms with Gasteiger partial charge >= 0.3 is 0 Å². The molecule has 0 radical (unpaired) electrons. The van der Waals surface area contributed by atoms with Gasteiger partial charge in [0, 0.05) is 23.8 Å². The molecule has 0 unspecified atom stereocenters. The van der Waals surface area contributed by atoms with Gasteiger partial charge in [0.25, 0.3) is 0 Å². The molecule has 0 saturated carbocycles. The topological polar surface area (TPSA) is 39.4 Å². The van der Waals surface area contributed by atoms with E-state index in [9.17, 15) is 9.18 Å². The van der Waals surface area contributed by atoms with E-state index in [0.717, 1.165) is 12.0 Å². The van der Waals surface area contributed by atoms with E-state index in [0.29, 0.717) is 17.4 Å². The lowest BCUT2D eigenvalue weighted by atomic mass is 10.0. The van der Waals surface area contributed by atoms with Crippen LogP contribution in [-0.4, -0.2) is 7.11 Å². The summed E-state index contributed by atoms with van der Waals surface area (Å²) in [7, 11) is 1.44. The minimum Gasteiger partial charge on any atom is -0.497 e. The highest BCUT2D eigenvalue weighted by molar-refractivity contribution is 5.80. The molecule has 0 aliphatic heterocycles. The van der Waals surface area contributed by atoms with E-state index >= 15 is 0 Å². The van der Waals surface area contributed by atoms with E-state index < -0.39 is 11.2 Å². The molecule has 0 fully saturated rings. The first-order chi connectivity index (χ1) is 11.5. The van der Waals surface area contributed by atoms with Gasteiger partial charge in [0.2, 0.25) is 0 Å². The Balaban J connectivity index is 2.08. The third-order valence-corrected chi connectivity index (χ3v) is 3.87. The van der Waals surface area contributed by atoms with Gasteiger partial charge in [-0.25, -0.2) is 4.39 Å². The van der Waals surface area contributed by atoms with Crippen LogP contribution < -0.4 is 10.2 Å². The van der Waals surface area contributed by atoms with Crippen molar-refractivity contribution < 1.29 is 13.5 Å². The highest BCUT2D eigenvalue weighted by atomic mass is 19.1. The zero-order valence-corrected chi connectivity index (χ0v) is 13.9. The van der Waals surface area contributed by atoms with Gasteiger partial charge in [0.1, 0.15) is 28.3 Å². The van der Waals surface area contributed by atoms with Crippen LogP contribution >= 0.6 is 0 Å². The quantitative estimate of drug-likeness (QED) is 0.691. The van der Waals surface area contributed by atoms with Gasteiger partial charge in [-0.1, -0.05) is 38.1 Å². The third-order valence-electron chi connectivity index (χ3n) is 3.87. The fraction of sp³-hybridized carbons (Fsp3) is 0.250. The van der Waals surface area contributed by atoms with Crippen LogP contribution in [0.5, 0.6) is 5.75 Å². The molecule has 1 heterocycles. The maximum Gasteiger partial charge on any atom is 0.196 e. The molecule has 0 bridgehead atoms. The molecule has 0 atom stereocenters. The lowest BCUT2D eigenvalue weighted by molar-refractivity contribution is 0.411. The Bertz CT molecular complexity index is 924. The number of ether oxygens (including phenoxy) is 1. The second kappa shape index (κ2) is 6.48. The van der Waals surface area contributed by atoms with Gasteiger partial charge in [-0.15, -0.1) is 0 Å². The number of benzene rings is 2. The molecule has 3 nitrogen and oxygen atoms in total. The molecule has 24 heavy (non-hydrogen) atoms. The molecule has 2 aromatic carbocycles. The average molecular weight is 326 g/mol. The van der Waals surface area contributed by atoms with Gasteiger partial charge in [-0.05, 0) is 17.9 Å². The second-order valence-electron chi connectivity index (χ2n) is 6.25. The number of fused-ring (bicyclic) bond motifs is 1. The first-order valence-corrected chi connectivity index (χ1v) is 7.88. The maximum atomic E-state index is 14.1. The van der Waals surface area contributed by atoms with E-state index in [-0.39, 0.29) is 11.0 Å². The molecule has 3 rings (SSSR count). The highest BCUT2D eigenvalue weighted by Crippen LogP contribution is 2.27. The van der Waals surface area contributed by atoms with Crippen LogP contribution in [-0.2, 0) is 6.42 Å². The smallest absolute Gasteiger partial charge is 0.196 e. The third kappa shape index (κ3) is 3.18. The second-order valence-corrected chi connectivity index (χ2v) is 6.25. The molecule has 3 aromatic rings. The number of hydrogen-bond donors (Lipinski definition) is 0. The molecule has 0 aliphatic rings. The summed E-state index contributed by atoms with van der Waals surface area (Å²) in [5, 5.41) is -0.0593. The zero-order chi connectivity index (χ0) is 17.3. The van der Waals surface area contributed by atoms with E-state index in [4.69, 9.17) is 9.15 Å². The van der Waals surface area contributed by atoms with Crippen molar-refractivity contribution in [3.05, 3.63) is 64.1 Å². The molecule has 0 amide bonds. The molecule has 0 spiro atoms. The van der Waals surface area contributed by atoms with Crippen LogP contribution in [0.3, 0.4) is 0 Å². The lowest BCUT2D eigenvalue weighted by Crippen LogP contribution is -2.03. The van der Waals surface area contributed by atoms with E-state index in [1.54, 1.807) is 0 Å². The Labute approximate surface area is 139 Å². The largest absolute Gasteiger partial charge is 0.497 e. The van der Waals surface area contributed by atoms with Crippen molar-refractivity contribution in [1.82, 2.24) is 0 Å². The van der Waals surface area contributed by atoms with Crippen LogP contribution in [0.25, 0.3) is 22.3 Å². The van der Waals surface area contributed by atoms with Gasteiger partial charge in [0.15, 0.2) is 5.43 Å². The van der Waals surface area contributed by atoms with Gasteiger partial charge in [-0.3, -0.25) is 4.79 Å². The number of halogens is 1. The molecule has 0 aliphatic carbocycles. The van der Waals surface area contributed by atoms with Crippen molar-refractivity contribution in [2.75, 3.05) is 7.11 Å². The summed E-state index contributed by atoms with van der Waals surface area (Å²) in [6.07, 6.45) is 0.990. The molecule has 0 saturated heterocycles. The first kappa shape index (κ1) is 16.2. The van der Waals surface area contributed by atoms with Crippen LogP contribution in [0, 0.1) is 11.7 Å². The Hall–Kier alpha value is -2.62. The van der Waals surface area contributed by atoms with E-state index in [1.807, 2.05) is 24.3 Å². The summed E-state index contributed by atoms with van der Waals surface area (Å²) in [4.78, 5) is 12.3. The number of methoxy groups -OCH3 is 1. The summed E-state index contributed by atoms with van der Waals surface area (Å²) < 4.78 is 24.9. The highest BCUT2D eigenvalue weighted by Gasteiger charge is 2.13. The number of rotatable bonds is 4. The van der Waals surface area contributed by atoms with E-state index in [2.05, 4.69) is 13.8 Å². The van der Waals surface area contributed by atoms with Crippen molar-refractivity contribution in [2.24, 2.45) is 5.92 Å². The monoisotopic (exact) mass is 326 g/mol. The lowest BCUT2D eigenvalue weighted by Gasteiger charge is -2.08. The summed E-state index contributed by atoms with van der Waals surface area (Å²) in [5.74, 6) is 0.658. The minimum absolute atomic E-state index is 0.0593. The molecular weight excluding hydrogens is 307 g/mol. The Morgan fingerprint density at radius 1 is 1.12 bits per heavy atom. The summed E-state index contributed by atoms with van der Waals surface area (Å²) >= 11 is 0. The summed E-state index contributed by atoms with van der Waals surface area (Å²) in [6, 6.07) is 11.9. The van der Waals surface area contributed by atoms with Crippen molar-refractivity contribution in [1.29, 1.82) is 0 Å². The SMILES string of the molecule is COc1cc(F)c2c(=O)cc(-c3ccc(CC(C)C)cc3)oc2c1. The van der Waals surface area contributed by atoms with Gasteiger partial charge in [0.05, 0.1) is 7.11 Å². The van der Waals surface area contributed by atoms with Crippen molar-refractivity contribution in [3.8, 4) is 17.1 Å². The molecule has 1 aromatic heterocycles. The van der Waals surface area contributed by atoms with Crippen molar-refractivity contribution >= 4 is 11.0 Å². The van der Waals surface area contributed by atoms with E-state index in [1.165, 1.54) is 30.9 Å². The van der Waals surface area contributed by atoms with Gasteiger partial charge < -0.3 is 9.15 Å². The van der Waals surface area contributed by atoms with Crippen LogP contribution in [0.4, 0.5) is 4.39 Å². The Kier molecular flexibility index (Phi) is 4.38.